The molecule has 0 N–H and O–H groups in total. The number of para-hydroxylation sites is 1. The van der Waals surface area contributed by atoms with Gasteiger partial charge in [0.25, 0.3) is 0 Å². The normalized spacial score (nSPS) is 11.0. The van der Waals surface area contributed by atoms with E-state index in [9.17, 15) is 4.79 Å². The van der Waals surface area contributed by atoms with Crippen molar-refractivity contribution in [3.63, 3.8) is 0 Å². The molecule has 2 rings (SSSR count). The van der Waals surface area contributed by atoms with Gasteiger partial charge in [0, 0.05) is 17.0 Å². The lowest BCUT2D eigenvalue weighted by atomic mass is 10.1. The van der Waals surface area contributed by atoms with Crippen LogP contribution in [0.4, 0.5) is 0 Å². The summed E-state index contributed by atoms with van der Waals surface area (Å²) in [6.45, 7) is 2.11. The molecule has 4 heteroatoms. The Labute approximate surface area is 110 Å². The van der Waals surface area contributed by atoms with E-state index in [1.807, 2.05) is 30.3 Å². The zero-order chi connectivity index (χ0) is 13.0. The number of carbonyl (C=O) groups is 1. The molecule has 1 aromatic carbocycles. The number of hydrogen-bond donors (Lipinski definition) is 0. The summed E-state index contributed by atoms with van der Waals surface area (Å²) < 4.78 is 4.80. The van der Waals surface area contributed by atoms with E-state index in [4.69, 9.17) is 16.3 Å². The smallest absolute Gasteiger partial charge is 0.330 e. The van der Waals surface area contributed by atoms with Crippen LogP contribution < -0.4 is 0 Å². The number of rotatable bonds is 3. The Morgan fingerprint density at radius 2 is 2.22 bits per heavy atom. The molecule has 1 heterocycles. The van der Waals surface area contributed by atoms with Crippen molar-refractivity contribution in [2.75, 3.05) is 6.61 Å². The zero-order valence-corrected chi connectivity index (χ0v) is 10.6. The molecular formula is C14H12ClNO2. The number of pyridine rings is 1. The second-order valence-electron chi connectivity index (χ2n) is 3.65. The maximum atomic E-state index is 11.2. The van der Waals surface area contributed by atoms with Gasteiger partial charge < -0.3 is 4.74 Å². The van der Waals surface area contributed by atoms with E-state index >= 15 is 0 Å². The van der Waals surface area contributed by atoms with Crippen LogP contribution >= 0.6 is 11.6 Å². The van der Waals surface area contributed by atoms with Crippen molar-refractivity contribution in [1.29, 1.82) is 0 Å². The molecule has 0 fully saturated rings. The van der Waals surface area contributed by atoms with Gasteiger partial charge in [-0.25, -0.2) is 9.78 Å². The zero-order valence-electron chi connectivity index (χ0n) is 9.89. The third-order valence-electron chi connectivity index (χ3n) is 2.39. The Morgan fingerprint density at radius 3 is 3.00 bits per heavy atom. The first kappa shape index (κ1) is 12.6. The van der Waals surface area contributed by atoms with Gasteiger partial charge in [-0.1, -0.05) is 29.8 Å². The van der Waals surface area contributed by atoms with Crippen LogP contribution in [0.3, 0.4) is 0 Å². The first-order valence-electron chi connectivity index (χ1n) is 5.61. The van der Waals surface area contributed by atoms with Gasteiger partial charge in [0.15, 0.2) is 0 Å². The summed E-state index contributed by atoms with van der Waals surface area (Å²) in [6.07, 6.45) is 2.96. The van der Waals surface area contributed by atoms with Crippen LogP contribution in [-0.4, -0.2) is 17.6 Å². The van der Waals surface area contributed by atoms with Gasteiger partial charge in [0.2, 0.25) is 0 Å². The minimum absolute atomic E-state index is 0.354. The van der Waals surface area contributed by atoms with Crippen LogP contribution in [0.25, 0.3) is 17.0 Å². The van der Waals surface area contributed by atoms with Crippen LogP contribution in [0, 0.1) is 0 Å². The molecule has 92 valence electrons. The molecule has 0 spiro atoms. The predicted octanol–water partition coefficient (Wildman–Crippen LogP) is 3.46. The highest BCUT2D eigenvalue weighted by atomic mass is 35.5. The first-order valence-corrected chi connectivity index (χ1v) is 5.98. The molecule has 18 heavy (non-hydrogen) atoms. The lowest BCUT2D eigenvalue weighted by Gasteiger charge is -2.01. The minimum atomic E-state index is -0.387. The van der Waals surface area contributed by atoms with Crippen LogP contribution in [0.2, 0.25) is 5.15 Å². The maximum Gasteiger partial charge on any atom is 0.330 e. The van der Waals surface area contributed by atoms with Crippen LogP contribution in [0.15, 0.2) is 36.4 Å². The highest BCUT2D eigenvalue weighted by Crippen LogP contribution is 2.21. The quantitative estimate of drug-likeness (QED) is 0.482. The molecule has 0 bridgehead atoms. The van der Waals surface area contributed by atoms with Gasteiger partial charge in [0.05, 0.1) is 12.1 Å². The average Bonchev–Trinajstić information content (AvgIpc) is 2.36. The summed E-state index contributed by atoms with van der Waals surface area (Å²) in [5.74, 6) is -0.387. The number of benzene rings is 1. The number of esters is 1. The molecule has 1 aromatic heterocycles. The fourth-order valence-corrected chi connectivity index (χ4v) is 1.78. The number of halogens is 1. The molecule has 0 radical (unpaired) electrons. The minimum Gasteiger partial charge on any atom is -0.463 e. The lowest BCUT2D eigenvalue weighted by molar-refractivity contribution is -0.137. The van der Waals surface area contributed by atoms with Crippen molar-refractivity contribution in [2.24, 2.45) is 0 Å². The highest BCUT2D eigenvalue weighted by Gasteiger charge is 2.02. The van der Waals surface area contributed by atoms with Crippen molar-refractivity contribution in [3.05, 3.63) is 47.1 Å². The van der Waals surface area contributed by atoms with E-state index in [-0.39, 0.29) is 5.97 Å². The topological polar surface area (TPSA) is 39.2 Å². The fraction of sp³-hybridized carbons (Fsp3) is 0.143. The SMILES string of the molecule is CCOC(=O)C=Cc1cc2ccccc2nc1Cl. The Hall–Kier alpha value is -1.87. The summed E-state index contributed by atoms with van der Waals surface area (Å²) in [6, 6.07) is 9.55. The molecule has 0 aliphatic heterocycles. The number of aromatic nitrogens is 1. The monoisotopic (exact) mass is 261 g/mol. The first-order chi connectivity index (χ1) is 8.70. The Balaban J connectivity index is 2.33. The molecule has 0 unspecified atom stereocenters. The van der Waals surface area contributed by atoms with E-state index in [0.717, 1.165) is 10.9 Å². The number of nitrogens with zero attached hydrogens (tertiary/aromatic N) is 1. The largest absolute Gasteiger partial charge is 0.463 e. The molecule has 3 nitrogen and oxygen atoms in total. The third kappa shape index (κ3) is 2.87. The van der Waals surface area contributed by atoms with Gasteiger partial charge in [0.1, 0.15) is 5.15 Å². The fourth-order valence-electron chi connectivity index (χ4n) is 1.57. The standard InChI is InChI=1S/C14H12ClNO2/c1-2-18-13(17)8-7-11-9-10-5-3-4-6-12(10)16-14(11)15/h3-9H,2H2,1H3. The van der Waals surface area contributed by atoms with Gasteiger partial charge in [-0.15, -0.1) is 0 Å². The van der Waals surface area contributed by atoms with Crippen LogP contribution in [0.1, 0.15) is 12.5 Å². The van der Waals surface area contributed by atoms with Gasteiger partial charge in [-0.2, -0.15) is 0 Å². The number of ether oxygens (including phenoxy) is 1. The summed E-state index contributed by atoms with van der Waals surface area (Å²) in [5, 5.41) is 1.35. The van der Waals surface area contributed by atoms with E-state index in [0.29, 0.717) is 17.3 Å². The maximum absolute atomic E-state index is 11.2. The van der Waals surface area contributed by atoms with Crippen molar-refractivity contribution in [1.82, 2.24) is 4.98 Å². The molecule has 0 amide bonds. The van der Waals surface area contributed by atoms with Gasteiger partial charge in [-0.3, -0.25) is 0 Å². The molecule has 0 atom stereocenters. The number of carbonyl (C=O) groups excluding carboxylic acids is 1. The number of fused-ring (bicyclic) bond motifs is 1. The number of hydrogen-bond acceptors (Lipinski definition) is 3. The van der Waals surface area contributed by atoms with Crippen molar-refractivity contribution in [2.45, 2.75) is 6.92 Å². The summed E-state index contributed by atoms with van der Waals surface area (Å²) >= 11 is 6.05. The van der Waals surface area contributed by atoms with Gasteiger partial charge in [-0.05, 0) is 25.1 Å². The lowest BCUT2D eigenvalue weighted by Crippen LogP contribution is -1.98. The van der Waals surface area contributed by atoms with Crippen molar-refractivity contribution in [3.8, 4) is 0 Å². The van der Waals surface area contributed by atoms with E-state index in [1.165, 1.54) is 6.08 Å². The van der Waals surface area contributed by atoms with E-state index in [2.05, 4.69) is 4.98 Å². The summed E-state index contributed by atoms with van der Waals surface area (Å²) in [7, 11) is 0. The van der Waals surface area contributed by atoms with Crippen molar-refractivity contribution >= 4 is 34.5 Å². The highest BCUT2D eigenvalue weighted by molar-refractivity contribution is 6.31. The molecular weight excluding hydrogens is 250 g/mol. The Kier molecular flexibility index (Phi) is 3.95. The van der Waals surface area contributed by atoms with E-state index in [1.54, 1.807) is 13.0 Å². The van der Waals surface area contributed by atoms with E-state index < -0.39 is 0 Å². The Bertz CT molecular complexity index is 608. The van der Waals surface area contributed by atoms with Crippen molar-refractivity contribution < 1.29 is 9.53 Å². The molecule has 0 saturated heterocycles. The molecule has 2 aromatic rings. The second-order valence-corrected chi connectivity index (χ2v) is 4.00. The summed E-state index contributed by atoms with van der Waals surface area (Å²) in [5.41, 5.74) is 1.53. The van der Waals surface area contributed by atoms with Crippen LogP contribution in [-0.2, 0) is 9.53 Å². The van der Waals surface area contributed by atoms with Gasteiger partial charge >= 0.3 is 5.97 Å². The molecule has 0 aliphatic rings. The predicted molar refractivity (Wildman–Crippen MR) is 72.4 cm³/mol. The third-order valence-corrected chi connectivity index (χ3v) is 2.69. The summed E-state index contributed by atoms with van der Waals surface area (Å²) in [4.78, 5) is 15.5. The Morgan fingerprint density at radius 1 is 1.44 bits per heavy atom. The molecule has 0 aliphatic carbocycles. The second kappa shape index (κ2) is 5.65. The molecule has 0 saturated carbocycles. The average molecular weight is 262 g/mol. The van der Waals surface area contributed by atoms with Crippen LogP contribution in [0.5, 0.6) is 0 Å².